The van der Waals surface area contributed by atoms with Crippen LogP contribution in [-0.2, 0) is 11.1 Å². The van der Waals surface area contributed by atoms with Crippen molar-refractivity contribution in [3.63, 3.8) is 0 Å². The zero-order valence-electron chi connectivity index (χ0n) is 6.87. The Hall–Kier alpha value is -0.870. The van der Waals surface area contributed by atoms with Gasteiger partial charge in [-0.25, -0.2) is 4.21 Å². The molecule has 0 aliphatic rings. The summed E-state index contributed by atoms with van der Waals surface area (Å²) in [6.45, 7) is 3.39. The van der Waals surface area contributed by atoms with Crippen LogP contribution < -0.4 is 0 Å². The number of phenolic OH excluding ortho intramolecular Hbond substituents is 1. The Labute approximate surface area is 73.3 Å². The summed E-state index contributed by atoms with van der Waals surface area (Å²) in [4.78, 5) is 0.322. The summed E-state index contributed by atoms with van der Waals surface area (Å²) in [5.41, 5.74) is 1.24. The van der Waals surface area contributed by atoms with E-state index in [1.165, 1.54) is 12.1 Å². The van der Waals surface area contributed by atoms with E-state index in [1.807, 2.05) is 0 Å². The molecule has 0 bridgehead atoms. The number of benzene rings is 1. The third kappa shape index (κ3) is 1.65. The molecule has 0 saturated heterocycles. The number of hydrogen-bond acceptors (Lipinski definition) is 2. The predicted octanol–water partition coefficient (Wildman–Crippen LogP) is 1.59. The van der Waals surface area contributed by atoms with Gasteiger partial charge < -0.3 is 9.66 Å². The topological polar surface area (TPSA) is 57.5 Å². The first-order valence-electron chi connectivity index (χ1n) is 3.43. The fourth-order valence-corrected chi connectivity index (χ4v) is 1.57. The van der Waals surface area contributed by atoms with Crippen LogP contribution in [0.15, 0.2) is 17.0 Å². The molecule has 0 aliphatic heterocycles. The molecule has 3 nitrogen and oxygen atoms in total. The van der Waals surface area contributed by atoms with E-state index in [0.717, 1.165) is 0 Å². The Bertz CT molecular complexity index is 310. The molecule has 0 aliphatic carbocycles. The van der Waals surface area contributed by atoms with Crippen LogP contribution in [0.2, 0.25) is 0 Å². The maximum atomic E-state index is 10.6. The van der Waals surface area contributed by atoms with Crippen molar-refractivity contribution in [3.05, 3.63) is 23.3 Å². The highest BCUT2D eigenvalue weighted by Gasteiger charge is 2.06. The van der Waals surface area contributed by atoms with Crippen LogP contribution in [0.25, 0.3) is 0 Å². The van der Waals surface area contributed by atoms with Gasteiger partial charge in [-0.15, -0.1) is 0 Å². The zero-order valence-corrected chi connectivity index (χ0v) is 7.68. The Kier molecular flexibility index (Phi) is 2.49. The van der Waals surface area contributed by atoms with Crippen LogP contribution in [0.5, 0.6) is 5.75 Å². The standard InChI is InChI=1S/C8H10O3S/c1-5-3-7(12(10)11)4-6(2)8(5)9/h3-4,9H,1-2H3,(H,10,11). The molecule has 2 N–H and O–H groups in total. The Balaban J connectivity index is 3.31. The van der Waals surface area contributed by atoms with Gasteiger partial charge in [0.05, 0.1) is 4.90 Å². The molecule has 4 heteroatoms. The van der Waals surface area contributed by atoms with Crippen molar-refractivity contribution in [2.24, 2.45) is 0 Å². The minimum atomic E-state index is -1.97. The van der Waals surface area contributed by atoms with Gasteiger partial charge in [0.25, 0.3) is 0 Å². The van der Waals surface area contributed by atoms with Gasteiger partial charge in [0.1, 0.15) is 5.75 Å². The lowest BCUT2D eigenvalue weighted by Crippen LogP contribution is -1.91. The van der Waals surface area contributed by atoms with Crippen LogP contribution in [0, 0.1) is 13.8 Å². The van der Waals surface area contributed by atoms with Gasteiger partial charge in [-0.3, -0.25) is 0 Å². The predicted molar refractivity (Wildman–Crippen MR) is 46.6 cm³/mol. The van der Waals surface area contributed by atoms with Gasteiger partial charge in [0, 0.05) is 0 Å². The van der Waals surface area contributed by atoms with Gasteiger partial charge in [-0.1, -0.05) is 0 Å². The molecule has 0 amide bonds. The summed E-state index contributed by atoms with van der Waals surface area (Å²) < 4.78 is 19.4. The van der Waals surface area contributed by atoms with E-state index < -0.39 is 11.1 Å². The lowest BCUT2D eigenvalue weighted by Gasteiger charge is -2.04. The monoisotopic (exact) mass is 186 g/mol. The summed E-state index contributed by atoms with van der Waals surface area (Å²) in [6, 6.07) is 3.00. The molecular formula is C8H10O3S. The Morgan fingerprint density at radius 3 is 2.00 bits per heavy atom. The summed E-state index contributed by atoms with van der Waals surface area (Å²) in [6.07, 6.45) is 0. The first kappa shape index (κ1) is 9.22. The normalized spacial score (nSPS) is 12.9. The SMILES string of the molecule is Cc1cc(S(=O)O)cc(C)c1O. The Morgan fingerprint density at radius 2 is 1.67 bits per heavy atom. The molecule has 0 heterocycles. The number of aryl methyl sites for hydroxylation is 2. The number of aromatic hydroxyl groups is 1. The summed E-state index contributed by atoms with van der Waals surface area (Å²) in [5, 5.41) is 9.33. The average Bonchev–Trinajstić information content (AvgIpc) is 1.99. The number of rotatable bonds is 1. The maximum absolute atomic E-state index is 10.6. The zero-order chi connectivity index (χ0) is 9.30. The average molecular weight is 186 g/mol. The van der Waals surface area contributed by atoms with Crippen molar-refractivity contribution in [2.75, 3.05) is 0 Å². The molecule has 0 radical (unpaired) electrons. The van der Waals surface area contributed by atoms with Gasteiger partial charge in [-0.2, -0.15) is 0 Å². The molecule has 66 valence electrons. The fourth-order valence-electron chi connectivity index (χ4n) is 1.02. The molecule has 0 aromatic heterocycles. The first-order valence-corrected chi connectivity index (χ1v) is 4.54. The van der Waals surface area contributed by atoms with Crippen molar-refractivity contribution in [3.8, 4) is 5.75 Å². The number of phenols is 1. The van der Waals surface area contributed by atoms with E-state index >= 15 is 0 Å². The molecule has 0 fully saturated rings. The van der Waals surface area contributed by atoms with Crippen LogP contribution >= 0.6 is 0 Å². The molecular weight excluding hydrogens is 176 g/mol. The van der Waals surface area contributed by atoms with E-state index in [-0.39, 0.29) is 5.75 Å². The minimum absolute atomic E-state index is 0.184. The molecule has 1 aromatic rings. The quantitative estimate of drug-likeness (QED) is 0.655. The second kappa shape index (κ2) is 3.25. The molecule has 0 spiro atoms. The molecule has 12 heavy (non-hydrogen) atoms. The maximum Gasteiger partial charge on any atom is 0.186 e. The lowest BCUT2D eigenvalue weighted by molar-refractivity contribution is 0.466. The third-order valence-electron chi connectivity index (χ3n) is 1.67. The highest BCUT2D eigenvalue weighted by molar-refractivity contribution is 7.79. The van der Waals surface area contributed by atoms with Crippen LogP contribution in [0.1, 0.15) is 11.1 Å². The van der Waals surface area contributed by atoms with Gasteiger partial charge in [-0.05, 0) is 37.1 Å². The van der Waals surface area contributed by atoms with Crippen molar-refractivity contribution in [2.45, 2.75) is 18.7 Å². The largest absolute Gasteiger partial charge is 0.507 e. The van der Waals surface area contributed by atoms with Gasteiger partial charge >= 0.3 is 0 Å². The van der Waals surface area contributed by atoms with E-state index in [0.29, 0.717) is 16.0 Å². The van der Waals surface area contributed by atoms with Crippen molar-refractivity contribution >= 4 is 11.1 Å². The van der Waals surface area contributed by atoms with Gasteiger partial charge in [0.15, 0.2) is 11.1 Å². The highest BCUT2D eigenvalue weighted by atomic mass is 32.2. The third-order valence-corrected chi connectivity index (χ3v) is 2.31. The number of hydrogen-bond donors (Lipinski definition) is 2. The van der Waals surface area contributed by atoms with Crippen LogP contribution in [0.3, 0.4) is 0 Å². The molecule has 1 unspecified atom stereocenters. The summed E-state index contributed by atoms with van der Waals surface area (Å²) in [7, 11) is 0. The second-order valence-corrected chi connectivity index (χ2v) is 3.62. The highest BCUT2D eigenvalue weighted by Crippen LogP contribution is 2.23. The molecule has 1 rings (SSSR count). The minimum Gasteiger partial charge on any atom is -0.507 e. The molecule has 0 saturated carbocycles. The van der Waals surface area contributed by atoms with Crippen molar-refractivity contribution < 1.29 is 13.9 Å². The van der Waals surface area contributed by atoms with Crippen LogP contribution in [0.4, 0.5) is 0 Å². The summed E-state index contributed by atoms with van der Waals surface area (Å²) >= 11 is -1.97. The van der Waals surface area contributed by atoms with E-state index in [9.17, 15) is 9.32 Å². The smallest absolute Gasteiger partial charge is 0.186 e. The first-order chi connectivity index (χ1) is 5.52. The van der Waals surface area contributed by atoms with Crippen molar-refractivity contribution in [1.29, 1.82) is 0 Å². The summed E-state index contributed by atoms with van der Waals surface area (Å²) in [5.74, 6) is 0.184. The van der Waals surface area contributed by atoms with Gasteiger partial charge in [0.2, 0.25) is 0 Å². The van der Waals surface area contributed by atoms with E-state index in [4.69, 9.17) is 4.55 Å². The van der Waals surface area contributed by atoms with Crippen molar-refractivity contribution in [1.82, 2.24) is 0 Å². The Morgan fingerprint density at radius 1 is 1.25 bits per heavy atom. The second-order valence-electron chi connectivity index (χ2n) is 2.65. The van der Waals surface area contributed by atoms with Crippen LogP contribution in [-0.4, -0.2) is 13.9 Å². The van der Waals surface area contributed by atoms with E-state index in [1.54, 1.807) is 13.8 Å². The molecule has 1 aromatic carbocycles. The van der Waals surface area contributed by atoms with E-state index in [2.05, 4.69) is 0 Å². The fraction of sp³-hybridized carbons (Fsp3) is 0.250. The molecule has 1 atom stereocenters. The lowest BCUT2D eigenvalue weighted by atomic mass is 10.1.